The number of anilines is 1. The minimum atomic E-state index is -0.0588. The summed E-state index contributed by atoms with van der Waals surface area (Å²) in [6.45, 7) is 2.77. The van der Waals surface area contributed by atoms with E-state index in [9.17, 15) is 4.79 Å². The summed E-state index contributed by atoms with van der Waals surface area (Å²) in [6, 6.07) is 18.6. The summed E-state index contributed by atoms with van der Waals surface area (Å²) >= 11 is 0. The summed E-state index contributed by atoms with van der Waals surface area (Å²) in [7, 11) is 3.44. The summed E-state index contributed by atoms with van der Waals surface area (Å²) in [5, 5.41) is 9.57. The third-order valence-corrected chi connectivity index (χ3v) is 5.00. The van der Waals surface area contributed by atoms with E-state index in [2.05, 4.69) is 50.1 Å². The molecule has 1 aliphatic rings. The molecule has 148 valence electrons. The molecule has 0 radical (unpaired) electrons. The first kappa shape index (κ1) is 19.7. The predicted octanol–water partition coefficient (Wildman–Crippen LogP) is 2.03. The van der Waals surface area contributed by atoms with Crippen LogP contribution in [-0.4, -0.2) is 51.6 Å². The number of carbonyl (C=O) groups is 1. The van der Waals surface area contributed by atoms with Gasteiger partial charge in [0.1, 0.15) is 0 Å². The minimum absolute atomic E-state index is 0.0588. The zero-order valence-electron chi connectivity index (χ0n) is 16.6. The van der Waals surface area contributed by atoms with Gasteiger partial charge in [-0.1, -0.05) is 30.3 Å². The summed E-state index contributed by atoms with van der Waals surface area (Å²) in [5.41, 5.74) is 3.08. The van der Waals surface area contributed by atoms with E-state index >= 15 is 0 Å². The number of nitrogens with one attached hydrogen (secondary N) is 3. The second-order valence-electron chi connectivity index (χ2n) is 6.94. The highest BCUT2D eigenvalue weighted by molar-refractivity contribution is 5.94. The van der Waals surface area contributed by atoms with Gasteiger partial charge >= 0.3 is 0 Å². The lowest BCUT2D eigenvalue weighted by molar-refractivity contribution is 0.0963. The quantitative estimate of drug-likeness (QED) is 0.531. The maximum atomic E-state index is 11.8. The van der Waals surface area contributed by atoms with E-state index in [1.807, 2.05) is 30.3 Å². The summed E-state index contributed by atoms with van der Waals surface area (Å²) < 4.78 is 0. The fourth-order valence-electron chi connectivity index (χ4n) is 3.48. The van der Waals surface area contributed by atoms with Crippen molar-refractivity contribution in [2.75, 3.05) is 38.6 Å². The lowest BCUT2D eigenvalue weighted by Gasteiger charge is -2.20. The number of carbonyl (C=O) groups excluding carboxylic acids is 1. The average Bonchev–Trinajstić information content (AvgIpc) is 3.22. The number of hydrogen-bond donors (Lipinski definition) is 3. The molecule has 1 atom stereocenters. The maximum absolute atomic E-state index is 11.8. The number of rotatable bonds is 6. The Hall–Kier alpha value is -3.02. The first-order chi connectivity index (χ1) is 13.7. The van der Waals surface area contributed by atoms with Crippen molar-refractivity contribution in [3.8, 4) is 0 Å². The Kier molecular flexibility index (Phi) is 6.89. The zero-order chi connectivity index (χ0) is 19.8. The Labute approximate surface area is 167 Å². The predicted molar refractivity (Wildman–Crippen MR) is 115 cm³/mol. The van der Waals surface area contributed by atoms with Gasteiger partial charge < -0.3 is 20.9 Å². The summed E-state index contributed by atoms with van der Waals surface area (Å²) in [4.78, 5) is 18.5. The number of para-hydroxylation sites is 1. The number of aliphatic imine (C=N–C) groups is 1. The minimum Gasteiger partial charge on any atom is -0.369 e. The highest BCUT2D eigenvalue weighted by Crippen LogP contribution is 2.19. The van der Waals surface area contributed by atoms with E-state index in [0.29, 0.717) is 11.6 Å². The van der Waals surface area contributed by atoms with Crippen LogP contribution in [0.15, 0.2) is 59.6 Å². The third-order valence-electron chi connectivity index (χ3n) is 5.00. The molecule has 0 spiro atoms. The van der Waals surface area contributed by atoms with Gasteiger partial charge in [-0.3, -0.25) is 9.79 Å². The van der Waals surface area contributed by atoms with E-state index in [1.54, 1.807) is 14.1 Å². The number of amides is 1. The van der Waals surface area contributed by atoms with Gasteiger partial charge in [-0.25, -0.2) is 0 Å². The molecule has 0 aromatic heterocycles. The van der Waals surface area contributed by atoms with Gasteiger partial charge in [0.15, 0.2) is 5.96 Å². The summed E-state index contributed by atoms with van der Waals surface area (Å²) in [5.74, 6) is 0.763. The lowest BCUT2D eigenvalue weighted by Crippen LogP contribution is -2.45. The van der Waals surface area contributed by atoms with Crippen LogP contribution >= 0.6 is 0 Å². The van der Waals surface area contributed by atoms with Crippen molar-refractivity contribution in [1.82, 2.24) is 16.0 Å². The Morgan fingerprint density at radius 2 is 2.00 bits per heavy atom. The number of guanidine groups is 1. The van der Waals surface area contributed by atoms with E-state index in [-0.39, 0.29) is 5.91 Å². The highest BCUT2D eigenvalue weighted by atomic mass is 16.1. The number of hydrogen-bond acceptors (Lipinski definition) is 3. The fourth-order valence-corrected chi connectivity index (χ4v) is 3.48. The van der Waals surface area contributed by atoms with Crippen LogP contribution in [0.4, 0.5) is 5.69 Å². The van der Waals surface area contributed by atoms with Gasteiger partial charge in [0.25, 0.3) is 5.91 Å². The molecule has 6 heteroatoms. The summed E-state index contributed by atoms with van der Waals surface area (Å²) in [6.07, 6.45) is 1.91. The van der Waals surface area contributed by atoms with Crippen molar-refractivity contribution in [2.24, 2.45) is 4.99 Å². The van der Waals surface area contributed by atoms with Gasteiger partial charge in [0.05, 0.1) is 0 Å². The molecular weight excluding hydrogens is 350 g/mol. The van der Waals surface area contributed by atoms with Crippen LogP contribution < -0.4 is 20.9 Å². The van der Waals surface area contributed by atoms with Crippen LogP contribution in [0.25, 0.3) is 0 Å². The molecule has 1 fully saturated rings. The molecule has 1 aliphatic heterocycles. The van der Waals surface area contributed by atoms with Gasteiger partial charge in [0.2, 0.25) is 0 Å². The van der Waals surface area contributed by atoms with Crippen LogP contribution in [0.1, 0.15) is 22.3 Å². The molecule has 0 saturated carbocycles. The first-order valence-electron chi connectivity index (χ1n) is 9.78. The largest absolute Gasteiger partial charge is 0.369 e. The van der Waals surface area contributed by atoms with Crippen LogP contribution in [-0.2, 0) is 6.42 Å². The molecular formula is C22H29N5O. The van der Waals surface area contributed by atoms with E-state index in [0.717, 1.165) is 44.0 Å². The molecule has 2 aromatic carbocycles. The standard InChI is InChI=1S/C22H29N5O/c1-23-21(28)18-8-6-7-17(15-18)11-13-25-22(24-2)26-19-12-14-27(16-19)20-9-4-3-5-10-20/h3-10,15,19H,11-14,16H2,1-2H3,(H,23,28)(H2,24,25,26). The van der Waals surface area contributed by atoms with Gasteiger partial charge in [-0.05, 0) is 42.7 Å². The van der Waals surface area contributed by atoms with Crippen LogP contribution in [0.3, 0.4) is 0 Å². The molecule has 3 rings (SSSR count). The van der Waals surface area contributed by atoms with Crippen LogP contribution in [0.2, 0.25) is 0 Å². The highest BCUT2D eigenvalue weighted by Gasteiger charge is 2.23. The Morgan fingerprint density at radius 3 is 2.75 bits per heavy atom. The zero-order valence-corrected chi connectivity index (χ0v) is 16.6. The molecule has 0 aliphatic carbocycles. The molecule has 1 heterocycles. The molecule has 3 N–H and O–H groups in total. The normalized spacial score (nSPS) is 16.7. The monoisotopic (exact) mass is 379 g/mol. The second-order valence-corrected chi connectivity index (χ2v) is 6.94. The van der Waals surface area contributed by atoms with Crippen molar-refractivity contribution in [1.29, 1.82) is 0 Å². The smallest absolute Gasteiger partial charge is 0.251 e. The molecule has 1 unspecified atom stereocenters. The van der Waals surface area contributed by atoms with E-state index in [4.69, 9.17) is 0 Å². The average molecular weight is 380 g/mol. The third kappa shape index (κ3) is 5.25. The molecule has 1 amide bonds. The topological polar surface area (TPSA) is 68.8 Å². The number of benzene rings is 2. The molecule has 6 nitrogen and oxygen atoms in total. The molecule has 28 heavy (non-hydrogen) atoms. The fraction of sp³-hybridized carbons (Fsp3) is 0.364. The first-order valence-corrected chi connectivity index (χ1v) is 9.78. The Balaban J connectivity index is 1.46. The second kappa shape index (κ2) is 9.78. The van der Waals surface area contributed by atoms with E-state index < -0.39 is 0 Å². The molecule has 2 aromatic rings. The molecule has 1 saturated heterocycles. The number of nitrogens with zero attached hydrogens (tertiary/aromatic N) is 2. The molecule has 0 bridgehead atoms. The van der Waals surface area contributed by atoms with Gasteiger partial charge in [0, 0.05) is 51.0 Å². The van der Waals surface area contributed by atoms with Crippen molar-refractivity contribution >= 4 is 17.6 Å². The van der Waals surface area contributed by atoms with E-state index in [1.165, 1.54) is 5.69 Å². The van der Waals surface area contributed by atoms with Crippen LogP contribution in [0, 0.1) is 0 Å². The van der Waals surface area contributed by atoms with Gasteiger partial charge in [-0.2, -0.15) is 0 Å². The van der Waals surface area contributed by atoms with Crippen molar-refractivity contribution < 1.29 is 4.79 Å². The van der Waals surface area contributed by atoms with Gasteiger partial charge in [-0.15, -0.1) is 0 Å². The maximum Gasteiger partial charge on any atom is 0.251 e. The van der Waals surface area contributed by atoms with Crippen molar-refractivity contribution in [3.63, 3.8) is 0 Å². The van der Waals surface area contributed by atoms with Crippen molar-refractivity contribution in [2.45, 2.75) is 18.9 Å². The van der Waals surface area contributed by atoms with Crippen molar-refractivity contribution in [3.05, 3.63) is 65.7 Å². The van der Waals surface area contributed by atoms with Crippen LogP contribution in [0.5, 0.6) is 0 Å². The Bertz CT molecular complexity index is 806. The SMILES string of the molecule is CN=C(NCCc1cccc(C(=O)NC)c1)NC1CCN(c2ccccc2)C1. The lowest BCUT2D eigenvalue weighted by atomic mass is 10.1. The Morgan fingerprint density at radius 1 is 1.18 bits per heavy atom.